The van der Waals surface area contributed by atoms with E-state index in [0.717, 1.165) is 29.7 Å². The molecule has 2 rings (SSSR count). The molecule has 0 aliphatic carbocycles. The lowest BCUT2D eigenvalue weighted by molar-refractivity contribution is -0.137. The van der Waals surface area contributed by atoms with Crippen molar-refractivity contribution < 1.29 is 26.4 Å². The molecule has 0 unspecified atom stereocenters. The summed E-state index contributed by atoms with van der Waals surface area (Å²) >= 11 is 1.70. The Bertz CT molecular complexity index is 741. The van der Waals surface area contributed by atoms with Gasteiger partial charge in [0, 0.05) is 37.2 Å². The highest BCUT2D eigenvalue weighted by Gasteiger charge is 2.29. The number of benzene rings is 1. The average Bonchev–Trinajstić information content (AvgIpc) is 2.60. The molecule has 0 radical (unpaired) electrons. The van der Waals surface area contributed by atoms with E-state index in [1.54, 1.807) is 11.8 Å². The van der Waals surface area contributed by atoms with Gasteiger partial charge in [-0.2, -0.15) is 24.9 Å². The minimum Gasteiger partial charge on any atom is -0.351 e. The number of nitrogens with one attached hydrogen (secondary N) is 1. The molecule has 10 heteroatoms. The molecule has 0 bridgehead atoms. The van der Waals surface area contributed by atoms with E-state index >= 15 is 0 Å². The molecule has 144 valence electrons. The van der Waals surface area contributed by atoms with Gasteiger partial charge in [-0.1, -0.05) is 12.1 Å². The normalized spacial score (nSPS) is 16.7. The maximum absolute atomic E-state index is 12.5. The van der Waals surface area contributed by atoms with Crippen LogP contribution in [-0.4, -0.2) is 55.5 Å². The Balaban J connectivity index is 1.80. The number of thioether (sulfide) groups is 1. The topological polar surface area (TPSA) is 66.5 Å². The third-order valence-corrected chi connectivity index (χ3v) is 6.50. The Labute approximate surface area is 154 Å². The Morgan fingerprint density at radius 2 is 1.81 bits per heavy atom. The van der Waals surface area contributed by atoms with E-state index < -0.39 is 27.7 Å². The molecule has 1 amide bonds. The van der Waals surface area contributed by atoms with Gasteiger partial charge in [0.2, 0.25) is 15.9 Å². The maximum Gasteiger partial charge on any atom is 0.416 e. The van der Waals surface area contributed by atoms with Crippen LogP contribution in [0.1, 0.15) is 11.1 Å². The third-order valence-electron chi connectivity index (χ3n) is 3.69. The van der Waals surface area contributed by atoms with Crippen LogP contribution < -0.4 is 5.32 Å². The Morgan fingerprint density at radius 3 is 2.38 bits per heavy atom. The maximum atomic E-state index is 12.5. The quantitative estimate of drug-likeness (QED) is 0.733. The second kappa shape index (κ2) is 8.92. The molecule has 1 saturated heterocycles. The van der Waals surface area contributed by atoms with E-state index in [0.29, 0.717) is 18.7 Å². The van der Waals surface area contributed by atoms with Crippen molar-refractivity contribution in [3.05, 3.63) is 41.5 Å². The van der Waals surface area contributed by atoms with Crippen molar-refractivity contribution in [3.8, 4) is 0 Å². The molecule has 1 fully saturated rings. The van der Waals surface area contributed by atoms with Crippen molar-refractivity contribution in [1.82, 2.24) is 9.62 Å². The zero-order valence-electron chi connectivity index (χ0n) is 13.8. The molecular weight excluding hydrogens is 389 g/mol. The number of carbonyl (C=O) groups is 1. The molecule has 1 aromatic rings. The standard InChI is InChI=1S/C16H19F3N2O3S2/c17-16(18,19)14-4-1-13(2-5-14)3-6-15(22)20-7-12-26(23,24)21-8-10-25-11-9-21/h1-6H,7-12H2,(H,20,22). The van der Waals surface area contributed by atoms with Gasteiger partial charge in [-0.15, -0.1) is 0 Å². The van der Waals surface area contributed by atoms with Crippen LogP contribution in [0.3, 0.4) is 0 Å². The second-order valence-corrected chi connectivity index (χ2v) is 8.88. The number of amides is 1. The fourth-order valence-electron chi connectivity index (χ4n) is 2.27. The van der Waals surface area contributed by atoms with Crippen molar-refractivity contribution in [1.29, 1.82) is 0 Å². The molecule has 1 heterocycles. The summed E-state index contributed by atoms with van der Waals surface area (Å²) < 4.78 is 63.1. The summed E-state index contributed by atoms with van der Waals surface area (Å²) in [7, 11) is -3.39. The lowest BCUT2D eigenvalue weighted by Gasteiger charge is -2.25. The molecular formula is C16H19F3N2O3S2. The van der Waals surface area contributed by atoms with Gasteiger partial charge in [0.25, 0.3) is 0 Å². The van der Waals surface area contributed by atoms with Crippen LogP contribution in [0.4, 0.5) is 13.2 Å². The number of sulfonamides is 1. The average molecular weight is 408 g/mol. The van der Waals surface area contributed by atoms with Gasteiger partial charge in [0.15, 0.2) is 0 Å². The van der Waals surface area contributed by atoms with Crippen molar-refractivity contribution in [3.63, 3.8) is 0 Å². The van der Waals surface area contributed by atoms with Crippen molar-refractivity contribution in [2.24, 2.45) is 0 Å². The van der Waals surface area contributed by atoms with E-state index in [4.69, 9.17) is 0 Å². The molecule has 0 saturated carbocycles. The van der Waals surface area contributed by atoms with Gasteiger partial charge in [0.1, 0.15) is 0 Å². The predicted molar refractivity (Wildman–Crippen MR) is 96.2 cm³/mol. The summed E-state index contributed by atoms with van der Waals surface area (Å²) in [6.07, 6.45) is -1.88. The molecule has 1 aliphatic heterocycles. The van der Waals surface area contributed by atoms with Crippen LogP contribution in [0.25, 0.3) is 6.08 Å². The SMILES string of the molecule is O=C(C=Cc1ccc(C(F)(F)F)cc1)NCCS(=O)(=O)N1CCSCC1. The van der Waals surface area contributed by atoms with Crippen LogP contribution in [0, 0.1) is 0 Å². The number of hydrogen-bond acceptors (Lipinski definition) is 4. The van der Waals surface area contributed by atoms with Gasteiger partial charge in [-0.3, -0.25) is 4.79 Å². The van der Waals surface area contributed by atoms with Crippen LogP contribution in [0.2, 0.25) is 0 Å². The number of nitrogens with zero attached hydrogens (tertiary/aromatic N) is 1. The van der Waals surface area contributed by atoms with E-state index in [1.807, 2.05) is 0 Å². The highest BCUT2D eigenvalue weighted by Crippen LogP contribution is 2.29. The number of rotatable bonds is 6. The molecule has 26 heavy (non-hydrogen) atoms. The first kappa shape index (κ1) is 20.8. The Hall–Kier alpha value is -1.52. The van der Waals surface area contributed by atoms with E-state index in [9.17, 15) is 26.4 Å². The van der Waals surface area contributed by atoms with Crippen LogP contribution in [0.15, 0.2) is 30.3 Å². The van der Waals surface area contributed by atoms with Gasteiger partial charge >= 0.3 is 6.18 Å². The highest BCUT2D eigenvalue weighted by atomic mass is 32.2. The van der Waals surface area contributed by atoms with E-state index in [1.165, 1.54) is 22.5 Å². The second-order valence-electron chi connectivity index (χ2n) is 5.57. The first-order chi connectivity index (χ1) is 12.2. The van der Waals surface area contributed by atoms with Crippen molar-refractivity contribution in [2.45, 2.75) is 6.18 Å². The van der Waals surface area contributed by atoms with Crippen molar-refractivity contribution >= 4 is 33.8 Å². The highest BCUT2D eigenvalue weighted by molar-refractivity contribution is 7.99. The number of hydrogen-bond donors (Lipinski definition) is 1. The largest absolute Gasteiger partial charge is 0.416 e. The molecule has 0 spiro atoms. The third kappa shape index (κ3) is 6.33. The minimum atomic E-state index is -4.40. The summed E-state index contributed by atoms with van der Waals surface area (Å²) in [5, 5.41) is 2.47. The van der Waals surface area contributed by atoms with Gasteiger partial charge in [-0.05, 0) is 23.8 Å². The first-order valence-corrected chi connectivity index (χ1v) is 10.6. The molecule has 1 aliphatic rings. The number of halogens is 3. The molecule has 1 N–H and O–H groups in total. The summed E-state index contributed by atoms with van der Waals surface area (Å²) in [6, 6.07) is 4.37. The van der Waals surface area contributed by atoms with Gasteiger partial charge in [-0.25, -0.2) is 12.7 Å². The lowest BCUT2D eigenvalue weighted by Crippen LogP contribution is -2.41. The van der Waals surface area contributed by atoms with Gasteiger partial charge in [0.05, 0.1) is 11.3 Å². The van der Waals surface area contributed by atoms with Crippen molar-refractivity contribution in [2.75, 3.05) is 36.9 Å². The molecule has 0 aromatic heterocycles. The Morgan fingerprint density at radius 1 is 1.19 bits per heavy atom. The zero-order chi connectivity index (χ0) is 19.2. The van der Waals surface area contributed by atoms with Crippen LogP contribution in [0.5, 0.6) is 0 Å². The van der Waals surface area contributed by atoms with Crippen LogP contribution in [-0.2, 0) is 21.0 Å². The monoisotopic (exact) mass is 408 g/mol. The number of carbonyl (C=O) groups excluding carboxylic acids is 1. The molecule has 5 nitrogen and oxygen atoms in total. The van der Waals surface area contributed by atoms with E-state index in [2.05, 4.69) is 5.32 Å². The van der Waals surface area contributed by atoms with Gasteiger partial charge < -0.3 is 5.32 Å². The fourth-order valence-corrected chi connectivity index (χ4v) is 4.76. The minimum absolute atomic E-state index is 0.0256. The molecule has 0 atom stereocenters. The van der Waals surface area contributed by atoms with E-state index in [-0.39, 0.29) is 12.3 Å². The number of alkyl halides is 3. The molecule has 1 aromatic carbocycles. The lowest BCUT2D eigenvalue weighted by atomic mass is 10.1. The predicted octanol–water partition coefficient (Wildman–Crippen LogP) is 2.21. The summed E-state index contributed by atoms with van der Waals surface area (Å²) in [5.74, 6) is 0.842. The summed E-state index contributed by atoms with van der Waals surface area (Å²) in [5.41, 5.74) is -0.327. The fraction of sp³-hybridized carbons (Fsp3) is 0.438. The summed E-state index contributed by atoms with van der Waals surface area (Å²) in [6.45, 7) is 0.936. The smallest absolute Gasteiger partial charge is 0.351 e. The summed E-state index contributed by atoms with van der Waals surface area (Å²) in [4.78, 5) is 11.7. The Kier molecular flexibility index (Phi) is 7.13. The van der Waals surface area contributed by atoms with Crippen LogP contribution >= 0.6 is 11.8 Å². The zero-order valence-corrected chi connectivity index (χ0v) is 15.5. The first-order valence-electron chi connectivity index (χ1n) is 7.87.